The molecule has 3 heterocycles. The van der Waals surface area contributed by atoms with Gasteiger partial charge in [-0.1, -0.05) is 11.2 Å². The van der Waals surface area contributed by atoms with E-state index in [4.69, 9.17) is 8.94 Å². The maximum atomic E-state index is 12.9. The highest BCUT2D eigenvalue weighted by Gasteiger charge is 2.30. The Morgan fingerprint density at radius 2 is 1.88 bits per heavy atom. The van der Waals surface area contributed by atoms with Crippen LogP contribution in [0.1, 0.15) is 56.0 Å². The van der Waals surface area contributed by atoms with Crippen molar-refractivity contribution in [2.75, 3.05) is 10.6 Å². The first-order chi connectivity index (χ1) is 15.5. The molecule has 5 rings (SSSR count). The van der Waals surface area contributed by atoms with Gasteiger partial charge in [0.05, 0.1) is 16.8 Å². The first kappa shape index (κ1) is 20.2. The molecule has 0 saturated heterocycles. The fourth-order valence-electron chi connectivity index (χ4n) is 3.23. The molecule has 1 saturated carbocycles. The smallest absolute Gasteiger partial charge is 0.291 e. The van der Waals surface area contributed by atoms with E-state index in [9.17, 15) is 9.59 Å². The number of hydrogen-bond acceptors (Lipinski definition) is 7. The molecular weight excluding hydrogens is 428 g/mol. The summed E-state index contributed by atoms with van der Waals surface area (Å²) >= 11 is 1.50. The van der Waals surface area contributed by atoms with Gasteiger partial charge in [0.25, 0.3) is 11.8 Å². The molecule has 0 unspecified atom stereocenters. The number of hydrogen-bond donors (Lipinski definition) is 2. The number of furan rings is 1. The molecule has 4 aromatic rings. The van der Waals surface area contributed by atoms with Crippen LogP contribution in [0, 0.1) is 13.8 Å². The third kappa shape index (κ3) is 4.06. The highest BCUT2D eigenvalue weighted by atomic mass is 32.1. The van der Waals surface area contributed by atoms with Crippen molar-refractivity contribution < 1.29 is 18.5 Å². The van der Waals surface area contributed by atoms with E-state index >= 15 is 0 Å². The number of rotatable bonds is 6. The highest BCUT2D eigenvalue weighted by molar-refractivity contribution is 7.16. The van der Waals surface area contributed by atoms with Crippen LogP contribution in [0.3, 0.4) is 0 Å². The summed E-state index contributed by atoms with van der Waals surface area (Å²) in [7, 11) is 0. The van der Waals surface area contributed by atoms with Gasteiger partial charge in [0.15, 0.2) is 5.76 Å². The average molecular weight is 449 g/mol. The second-order valence-corrected chi connectivity index (χ2v) is 8.98. The summed E-state index contributed by atoms with van der Waals surface area (Å²) < 4.78 is 10.5. The Kier molecular flexibility index (Phi) is 5.10. The van der Waals surface area contributed by atoms with Gasteiger partial charge in [0.1, 0.15) is 0 Å². The maximum Gasteiger partial charge on any atom is 0.291 e. The van der Waals surface area contributed by atoms with E-state index in [0.717, 1.165) is 28.2 Å². The Balaban J connectivity index is 1.32. The number of benzene rings is 1. The number of nitrogens with zero attached hydrogens (tertiary/aromatic N) is 2. The Hall–Kier alpha value is -3.72. The standard InChI is InChI=1S/C23H20N4O4S/c1-12-5-6-15(10-16(12)24-22(29)18-4-3-9-30-18)21(28)25-17-11-19(32-13(17)2)20-26-23(31-27-20)14-7-8-14/h3-6,9-11,14H,7-8H2,1-2H3,(H,24,29)(H,25,28). The second kappa shape index (κ2) is 8.08. The van der Waals surface area contributed by atoms with Crippen LogP contribution in [0.2, 0.25) is 0 Å². The average Bonchev–Trinajstić information content (AvgIpc) is 3.18. The molecule has 1 fully saturated rings. The van der Waals surface area contributed by atoms with Crippen LogP contribution in [0.4, 0.5) is 11.4 Å². The molecular formula is C23H20N4O4S. The van der Waals surface area contributed by atoms with E-state index in [2.05, 4.69) is 20.8 Å². The van der Waals surface area contributed by atoms with Crippen LogP contribution in [0.15, 0.2) is 51.6 Å². The Bertz CT molecular complexity index is 1300. The number of carbonyl (C=O) groups is 2. The minimum atomic E-state index is -0.375. The lowest BCUT2D eigenvalue weighted by Gasteiger charge is -2.10. The minimum Gasteiger partial charge on any atom is -0.459 e. The van der Waals surface area contributed by atoms with Gasteiger partial charge < -0.3 is 19.6 Å². The summed E-state index contributed by atoms with van der Waals surface area (Å²) in [4.78, 5) is 31.5. The zero-order valence-corrected chi connectivity index (χ0v) is 18.3. The van der Waals surface area contributed by atoms with E-state index < -0.39 is 0 Å². The zero-order valence-electron chi connectivity index (χ0n) is 17.5. The van der Waals surface area contributed by atoms with Gasteiger partial charge in [-0.15, -0.1) is 11.3 Å². The van der Waals surface area contributed by atoms with Crippen molar-refractivity contribution in [2.24, 2.45) is 0 Å². The SMILES string of the molecule is Cc1ccc(C(=O)Nc2cc(-c3noc(C4CC4)n3)sc2C)cc1NC(=O)c1ccco1. The molecule has 0 aliphatic heterocycles. The van der Waals surface area contributed by atoms with Crippen molar-refractivity contribution in [1.82, 2.24) is 10.1 Å². The number of thiophene rings is 1. The van der Waals surface area contributed by atoms with E-state index in [1.165, 1.54) is 17.6 Å². The molecule has 2 N–H and O–H groups in total. The number of nitrogens with one attached hydrogen (secondary N) is 2. The molecule has 0 bridgehead atoms. The summed E-state index contributed by atoms with van der Waals surface area (Å²) in [5.41, 5.74) is 2.49. The predicted octanol–water partition coefficient (Wildman–Crippen LogP) is 5.39. The second-order valence-electron chi connectivity index (χ2n) is 7.73. The highest BCUT2D eigenvalue weighted by Crippen LogP contribution is 2.40. The molecule has 162 valence electrons. The fraction of sp³-hybridized carbons (Fsp3) is 0.217. The van der Waals surface area contributed by atoms with Gasteiger partial charge in [-0.25, -0.2) is 0 Å². The topological polar surface area (TPSA) is 110 Å². The molecule has 1 aliphatic carbocycles. The van der Waals surface area contributed by atoms with E-state index in [1.807, 2.05) is 19.9 Å². The van der Waals surface area contributed by atoms with Crippen molar-refractivity contribution in [3.63, 3.8) is 0 Å². The van der Waals surface area contributed by atoms with Gasteiger partial charge in [-0.05, 0) is 62.6 Å². The summed E-state index contributed by atoms with van der Waals surface area (Å²) in [6, 6.07) is 10.2. The van der Waals surface area contributed by atoms with Crippen molar-refractivity contribution in [2.45, 2.75) is 32.6 Å². The summed E-state index contributed by atoms with van der Waals surface area (Å²) in [5.74, 6) is 1.16. The first-order valence-corrected chi connectivity index (χ1v) is 11.0. The first-order valence-electron chi connectivity index (χ1n) is 10.2. The monoisotopic (exact) mass is 448 g/mol. The van der Waals surface area contributed by atoms with Crippen LogP contribution in [-0.4, -0.2) is 22.0 Å². The zero-order chi connectivity index (χ0) is 22.2. The maximum absolute atomic E-state index is 12.9. The van der Waals surface area contributed by atoms with Crippen LogP contribution < -0.4 is 10.6 Å². The molecule has 32 heavy (non-hydrogen) atoms. The van der Waals surface area contributed by atoms with Gasteiger partial charge in [0.2, 0.25) is 11.7 Å². The largest absolute Gasteiger partial charge is 0.459 e. The Morgan fingerprint density at radius 1 is 1.06 bits per heavy atom. The van der Waals surface area contributed by atoms with Gasteiger partial charge in [-0.2, -0.15) is 4.98 Å². The van der Waals surface area contributed by atoms with E-state index in [0.29, 0.717) is 34.6 Å². The van der Waals surface area contributed by atoms with E-state index in [-0.39, 0.29) is 17.6 Å². The molecule has 0 spiro atoms. The van der Waals surface area contributed by atoms with Gasteiger partial charge >= 0.3 is 0 Å². The molecule has 2 amide bonds. The number of anilines is 2. The van der Waals surface area contributed by atoms with Crippen molar-refractivity contribution >= 4 is 34.5 Å². The van der Waals surface area contributed by atoms with Gasteiger partial charge in [0, 0.05) is 22.0 Å². The van der Waals surface area contributed by atoms with Gasteiger partial charge in [-0.3, -0.25) is 9.59 Å². The predicted molar refractivity (Wildman–Crippen MR) is 120 cm³/mol. The molecule has 3 aromatic heterocycles. The third-order valence-electron chi connectivity index (χ3n) is 5.25. The summed E-state index contributed by atoms with van der Waals surface area (Å²) in [6.07, 6.45) is 3.62. The molecule has 8 nitrogen and oxygen atoms in total. The van der Waals surface area contributed by atoms with Crippen LogP contribution in [0.5, 0.6) is 0 Å². The minimum absolute atomic E-state index is 0.201. The molecule has 0 radical (unpaired) electrons. The Labute approximate surface area is 187 Å². The van der Waals surface area contributed by atoms with Crippen LogP contribution in [-0.2, 0) is 0 Å². The molecule has 0 atom stereocenters. The third-order valence-corrected chi connectivity index (χ3v) is 6.29. The van der Waals surface area contributed by atoms with Crippen LogP contribution in [0.25, 0.3) is 10.7 Å². The number of aromatic nitrogens is 2. The lowest BCUT2D eigenvalue weighted by Crippen LogP contribution is -2.15. The molecule has 1 aliphatic rings. The number of amides is 2. The quantitative estimate of drug-likeness (QED) is 0.409. The summed E-state index contributed by atoms with van der Waals surface area (Å²) in [6.45, 7) is 3.78. The molecule has 9 heteroatoms. The van der Waals surface area contributed by atoms with Crippen molar-refractivity contribution in [3.8, 4) is 10.7 Å². The molecule has 1 aromatic carbocycles. The number of carbonyl (C=O) groups excluding carboxylic acids is 2. The number of aryl methyl sites for hydroxylation is 2. The lowest BCUT2D eigenvalue weighted by molar-refractivity contribution is 0.0993. The fourth-order valence-corrected chi connectivity index (χ4v) is 4.13. The van der Waals surface area contributed by atoms with Crippen molar-refractivity contribution in [1.29, 1.82) is 0 Å². The lowest BCUT2D eigenvalue weighted by atomic mass is 10.1. The van der Waals surface area contributed by atoms with E-state index in [1.54, 1.807) is 30.3 Å². The summed E-state index contributed by atoms with van der Waals surface area (Å²) in [5, 5.41) is 9.80. The Morgan fingerprint density at radius 3 is 2.62 bits per heavy atom. The normalized spacial score (nSPS) is 13.2. The van der Waals surface area contributed by atoms with Crippen molar-refractivity contribution in [3.05, 3.63) is 70.3 Å². The van der Waals surface area contributed by atoms with Crippen LogP contribution >= 0.6 is 11.3 Å².